The van der Waals surface area contributed by atoms with E-state index in [1.807, 2.05) is 4.90 Å². The second-order valence-electron chi connectivity index (χ2n) is 4.89. The van der Waals surface area contributed by atoms with Gasteiger partial charge in [-0.1, -0.05) is 6.08 Å². The fourth-order valence-corrected chi connectivity index (χ4v) is 2.56. The highest BCUT2D eigenvalue weighted by atomic mass is 79.9. The van der Waals surface area contributed by atoms with Crippen molar-refractivity contribution in [1.29, 1.82) is 0 Å². The van der Waals surface area contributed by atoms with E-state index in [-0.39, 0.29) is 11.8 Å². The molecule has 1 aromatic heterocycles. The molecule has 2 N–H and O–H groups in total. The van der Waals surface area contributed by atoms with Crippen molar-refractivity contribution in [2.45, 2.75) is 0 Å². The smallest absolute Gasteiger partial charge is 0.270 e. The van der Waals surface area contributed by atoms with E-state index in [9.17, 15) is 9.59 Å². The van der Waals surface area contributed by atoms with Crippen LogP contribution in [0.25, 0.3) is 0 Å². The molecule has 6 nitrogen and oxygen atoms in total. The molecule has 2 amide bonds. The minimum atomic E-state index is -0.0111. The third-order valence-electron chi connectivity index (χ3n) is 3.35. The standard InChI is InChI=1S/C14H19BrN4O2/c1-2-3-16-13(20)10-18-4-6-19(7-5-18)14(21)12-8-11(15)9-17-12/h2,8-9,17H,1,3-7,10H2,(H,16,20). The van der Waals surface area contributed by atoms with Crippen molar-refractivity contribution in [3.8, 4) is 0 Å². The van der Waals surface area contributed by atoms with Crippen molar-refractivity contribution in [1.82, 2.24) is 20.1 Å². The molecular weight excluding hydrogens is 336 g/mol. The number of carbonyl (C=O) groups is 2. The molecule has 2 rings (SSSR count). The average Bonchev–Trinajstić information content (AvgIpc) is 2.92. The van der Waals surface area contributed by atoms with Crippen molar-refractivity contribution in [3.05, 3.63) is 35.1 Å². The number of nitrogens with zero attached hydrogens (tertiary/aromatic N) is 2. The summed E-state index contributed by atoms with van der Waals surface area (Å²) < 4.78 is 0.864. The van der Waals surface area contributed by atoms with E-state index in [1.54, 1.807) is 23.2 Å². The van der Waals surface area contributed by atoms with Gasteiger partial charge in [0.25, 0.3) is 5.91 Å². The highest BCUT2D eigenvalue weighted by Gasteiger charge is 2.23. The number of carbonyl (C=O) groups excluding carboxylic acids is 2. The monoisotopic (exact) mass is 354 g/mol. The van der Waals surface area contributed by atoms with Gasteiger partial charge in [0.1, 0.15) is 5.69 Å². The van der Waals surface area contributed by atoms with Crippen LogP contribution in [0, 0.1) is 0 Å². The van der Waals surface area contributed by atoms with Crippen LogP contribution in [-0.2, 0) is 4.79 Å². The first-order chi connectivity index (χ1) is 10.1. The predicted octanol–water partition coefficient (Wildman–Crippen LogP) is 0.837. The highest BCUT2D eigenvalue weighted by Crippen LogP contribution is 2.13. The zero-order valence-electron chi connectivity index (χ0n) is 11.8. The number of H-pyrrole nitrogens is 1. The van der Waals surface area contributed by atoms with Crippen LogP contribution < -0.4 is 5.32 Å². The van der Waals surface area contributed by atoms with Crippen LogP contribution in [0.3, 0.4) is 0 Å². The first kappa shape index (κ1) is 15.8. The molecule has 0 unspecified atom stereocenters. The van der Waals surface area contributed by atoms with Gasteiger partial charge in [-0.3, -0.25) is 14.5 Å². The summed E-state index contributed by atoms with van der Waals surface area (Å²) in [6.07, 6.45) is 3.40. The Bertz CT molecular complexity index is 521. The van der Waals surface area contributed by atoms with Crippen LogP contribution in [0.5, 0.6) is 0 Å². The van der Waals surface area contributed by atoms with Crippen LogP contribution in [0.1, 0.15) is 10.5 Å². The summed E-state index contributed by atoms with van der Waals surface area (Å²) in [5, 5.41) is 2.75. The van der Waals surface area contributed by atoms with Crippen LogP contribution in [0.4, 0.5) is 0 Å². The molecule has 114 valence electrons. The predicted molar refractivity (Wildman–Crippen MR) is 84.0 cm³/mol. The number of amides is 2. The molecule has 0 bridgehead atoms. The Morgan fingerprint density at radius 1 is 1.38 bits per heavy atom. The Morgan fingerprint density at radius 3 is 2.67 bits per heavy atom. The second-order valence-corrected chi connectivity index (χ2v) is 5.81. The topological polar surface area (TPSA) is 68.4 Å². The summed E-state index contributed by atoms with van der Waals surface area (Å²) in [5.41, 5.74) is 0.582. The summed E-state index contributed by atoms with van der Waals surface area (Å²) in [6, 6.07) is 1.78. The minimum absolute atomic E-state index is 0.00328. The zero-order chi connectivity index (χ0) is 15.2. The first-order valence-electron chi connectivity index (χ1n) is 6.83. The Labute approximate surface area is 132 Å². The van der Waals surface area contributed by atoms with Crippen molar-refractivity contribution >= 4 is 27.7 Å². The molecular formula is C14H19BrN4O2. The maximum atomic E-state index is 12.2. The highest BCUT2D eigenvalue weighted by molar-refractivity contribution is 9.10. The second kappa shape index (κ2) is 7.42. The number of piperazine rings is 1. The van der Waals surface area contributed by atoms with Gasteiger partial charge in [0.05, 0.1) is 6.54 Å². The van der Waals surface area contributed by atoms with Crippen molar-refractivity contribution in [3.63, 3.8) is 0 Å². The summed E-state index contributed by atoms with van der Waals surface area (Å²) in [4.78, 5) is 30.7. The average molecular weight is 355 g/mol. The van der Waals surface area contributed by atoms with Gasteiger partial charge in [0, 0.05) is 43.4 Å². The van der Waals surface area contributed by atoms with Crippen LogP contribution in [0.15, 0.2) is 29.4 Å². The first-order valence-corrected chi connectivity index (χ1v) is 7.62. The maximum Gasteiger partial charge on any atom is 0.270 e. The molecule has 0 aromatic carbocycles. The molecule has 1 aromatic rings. The summed E-state index contributed by atoms with van der Waals surface area (Å²) >= 11 is 3.32. The Hall–Kier alpha value is -1.60. The lowest BCUT2D eigenvalue weighted by Gasteiger charge is -2.34. The van der Waals surface area contributed by atoms with E-state index >= 15 is 0 Å². The molecule has 0 saturated carbocycles. The van der Waals surface area contributed by atoms with E-state index in [1.165, 1.54) is 0 Å². The SMILES string of the molecule is C=CCNC(=O)CN1CCN(C(=O)c2cc(Br)c[nH]2)CC1. The third kappa shape index (κ3) is 4.44. The third-order valence-corrected chi connectivity index (χ3v) is 3.81. The van der Waals surface area contributed by atoms with Crippen molar-refractivity contribution in [2.24, 2.45) is 0 Å². The lowest BCUT2D eigenvalue weighted by Crippen LogP contribution is -2.51. The molecule has 1 aliphatic heterocycles. The molecule has 2 heterocycles. The van der Waals surface area contributed by atoms with Crippen molar-refractivity contribution in [2.75, 3.05) is 39.3 Å². The Kier molecular flexibility index (Phi) is 5.58. The fourth-order valence-electron chi connectivity index (χ4n) is 2.22. The molecule has 7 heteroatoms. The number of hydrogen-bond acceptors (Lipinski definition) is 3. The lowest BCUT2D eigenvalue weighted by atomic mass is 10.2. The summed E-state index contributed by atoms with van der Waals surface area (Å²) in [5.74, 6) is -0.0144. The fraction of sp³-hybridized carbons (Fsp3) is 0.429. The van der Waals surface area contributed by atoms with E-state index in [0.29, 0.717) is 45.0 Å². The largest absolute Gasteiger partial charge is 0.356 e. The van der Waals surface area contributed by atoms with Crippen LogP contribution in [0.2, 0.25) is 0 Å². The Morgan fingerprint density at radius 2 is 2.10 bits per heavy atom. The number of aromatic amines is 1. The van der Waals surface area contributed by atoms with Gasteiger partial charge in [0.15, 0.2) is 0 Å². The molecule has 21 heavy (non-hydrogen) atoms. The maximum absolute atomic E-state index is 12.2. The number of nitrogens with one attached hydrogen (secondary N) is 2. The van der Waals surface area contributed by atoms with Gasteiger partial charge in [-0.25, -0.2) is 0 Å². The van der Waals surface area contributed by atoms with E-state index in [0.717, 1.165) is 4.47 Å². The van der Waals surface area contributed by atoms with E-state index in [2.05, 4.69) is 32.8 Å². The van der Waals surface area contributed by atoms with Crippen molar-refractivity contribution < 1.29 is 9.59 Å². The van der Waals surface area contributed by atoms with Gasteiger partial charge < -0.3 is 15.2 Å². The Balaban J connectivity index is 1.79. The van der Waals surface area contributed by atoms with Crippen LogP contribution in [-0.4, -0.2) is 65.9 Å². The van der Waals surface area contributed by atoms with Gasteiger partial charge in [-0.2, -0.15) is 0 Å². The normalized spacial score (nSPS) is 15.8. The lowest BCUT2D eigenvalue weighted by molar-refractivity contribution is -0.122. The van der Waals surface area contributed by atoms with Gasteiger partial charge >= 0.3 is 0 Å². The quantitative estimate of drug-likeness (QED) is 0.769. The summed E-state index contributed by atoms with van der Waals surface area (Å²) in [7, 11) is 0. The summed E-state index contributed by atoms with van der Waals surface area (Å²) in [6.45, 7) is 7.08. The van der Waals surface area contributed by atoms with Gasteiger partial charge in [-0.15, -0.1) is 6.58 Å². The molecule has 0 radical (unpaired) electrons. The van der Waals surface area contributed by atoms with Gasteiger partial charge in [0.2, 0.25) is 5.91 Å². The number of halogens is 1. The molecule has 0 atom stereocenters. The molecule has 1 saturated heterocycles. The molecule has 0 spiro atoms. The number of hydrogen-bond donors (Lipinski definition) is 2. The molecule has 1 fully saturated rings. The number of rotatable bonds is 5. The minimum Gasteiger partial charge on any atom is -0.356 e. The van der Waals surface area contributed by atoms with Crippen LogP contribution >= 0.6 is 15.9 Å². The number of aromatic nitrogens is 1. The van der Waals surface area contributed by atoms with E-state index in [4.69, 9.17) is 0 Å². The molecule has 0 aliphatic carbocycles. The van der Waals surface area contributed by atoms with Gasteiger partial charge in [-0.05, 0) is 22.0 Å². The van der Waals surface area contributed by atoms with E-state index < -0.39 is 0 Å². The zero-order valence-corrected chi connectivity index (χ0v) is 13.4. The molecule has 1 aliphatic rings.